The summed E-state index contributed by atoms with van der Waals surface area (Å²) in [7, 11) is 1.67. The smallest absolute Gasteiger partial charge is 0.340 e. The van der Waals surface area contributed by atoms with Crippen LogP contribution in [0.25, 0.3) is 0 Å². The van der Waals surface area contributed by atoms with E-state index in [4.69, 9.17) is 4.74 Å². The first-order chi connectivity index (χ1) is 10.1. The van der Waals surface area contributed by atoms with E-state index < -0.39 is 24.5 Å². The van der Waals surface area contributed by atoms with E-state index in [1.807, 2.05) is 5.32 Å². The molecule has 0 fully saturated rings. The number of hydrogen-bond acceptors (Lipinski definition) is 5. The number of amides is 3. The van der Waals surface area contributed by atoms with Gasteiger partial charge < -0.3 is 15.4 Å². The first-order valence-electron chi connectivity index (χ1n) is 6.21. The highest BCUT2D eigenvalue weighted by atomic mass is 16.5. The average Bonchev–Trinajstić information content (AvgIpc) is 2.50. The zero-order chi connectivity index (χ0) is 15.7. The summed E-state index contributed by atoms with van der Waals surface area (Å²) in [6.07, 6.45) is 1.47. The van der Waals surface area contributed by atoms with E-state index in [0.29, 0.717) is 11.3 Å². The van der Waals surface area contributed by atoms with Crippen LogP contribution in [-0.2, 0) is 9.53 Å². The van der Waals surface area contributed by atoms with Crippen molar-refractivity contribution in [1.82, 2.24) is 10.6 Å². The van der Waals surface area contributed by atoms with Crippen LogP contribution in [0.4, 0.5) is 10.5 Å². The van der Waals surface area contributed by atoms with Crippen LogP contribution in [0.15, 0.2) is 36.9 Å². The quantitative estimate of drug-likeness (QED) is 0.534. The highest BCUT2D eigenvalue weighted by Gasteiger charge is 2.14. The van der Waals surface area contributed by atoms with Crippen molar-refractivity contribution in [2.75, 3.05) is 25.5 Å². The number of hydrogen-bond donors (Lipinski definition) is 3. The van der Waals surface area contributed by atoms with Gasteiger partial charge in [0.25, 0.3) is 5.91 Å². The Labute approximate surface area is 122 Å². The van der Waals surface area contributed by atoms with Gasteiger partial charge in [0.15, 0.2) is 6.61 Å². The summed E-state index contributed by atoms with van der Waals surface area (Å²) in [5.74, 6) is -1.37. The van der Waals surface area contributed by atoms with Crippen LogP contribution in [0.3, 0.4) is 0 Å². The van der Waals surface area contributed by atoms with Crippen LogP contribution in [0, 0.1) is 0 Å². The van der Waals surface area contributed by atoms with E-state index in [2.05, 4.69) is 17.2 Å². The predicted molar refractivity (Wildman–Crippen MR) is 78.0 cm³/mol. The fourth-order valence-corrected chi connectivity index (χ4v) is 1.46. The molecule has 0 radical (unpaired) electrons. The molecule has 0 atom stereocenters. The minimum Gasteiger partial charge on any atom is -0.452 e. The number of esters is 1. The second-order valence-corrected chi connectivity index (χ2v) is 3.92. The second-order valence-electron chi connectivity index (χ2n) is 3.92. The highest BCUT2D eigenvalue weighted by Crippen LogP contribution is 2.14. The molecule has 0 unspecified atom stereocenters. The number of carbonyl (C=O) groups is 3. The number of anilines is 1. The molecule has 0 aliphatic carbocycles. The van der Waals surface area contributed by atoms with Gasteiger partial charge in [0.1, 0.15) is 0 Å². The Bertz CT molecular complexity index is 543. The van der Waals surface area contributed by atoms with Crippen LogP contribution >= 0.6 is 0 Å². The number of ether oxygens (including phenoxy) is 1. The second kappa shape index (κ2) is 8.36. The molecule has 1 rings (SSSR count). The SMILES string of the molecule is C=CCNC(=O)NC(=O)COC(=O)c1ccccc1NC. The van der Waals surface area contributed by atoms with Crippen molar-refractivity contribution >= 4 is 23.6 Å². The van der Waals surface area contributed by atoms with Crippen LogP contribution in [0.2, 0.25) is 0 Å². The Morgan fingerprint density at radius 3 is 2.67 bits per heavy atom. The van der Waals surface area contributed by atoms with Gasteiger partial charge in [0, 0.05) is 19.3 Å². The lowest BCUT2D eigenvalue weighted by Gasteiger charge is -2.09. The average molecular weight is 291 g/mol. The van der Waals surface area contributed by atoms with E-state index in [0.717, 1.165) is 0 Å². The predicted octanol–water partition coefficient (Wildman–Crippen LogP) is 0.897. The maximum Gasteiger partial charge on any atom is 0.340 e. The third-order valence-electron chi connectivity index (χ3n) is 2.41. The molecule has 3 N–H and O–H groups in total. The van der Waals surface area contributed by atoms with E-state index in [1.165, 1.54) is 6.08 Å². The van der Waals surface area contributed by atoms with Crippen molar-refractivity contribution in [3.63, 3.8) is 0 Å². The van der Waals surface area contributed by atoms with Crippen molar-refractivity contribution in [3.8, 4) is 0 Å². The normalized spacial score (nSPS) is 9.38. The molecule has 1 aromatic rings. The Hall–Kier alpha value is -2.83. The molecular formula is C14H17N3O4. The Balaban J connectivity index is 2.47. The van der Waals surface area contributed by atoms with Gasteiger partial charge in [-0.3, -0.25) is 10.1 Å². The van der Waals surface area contributed by atoms with Crippen LogP contribution in [-0.4, -0.2) is 38.1 Å². The molecule has 0 heterocycles. The molecule has 3 amide bonds. The number of benzene rings is 1. The van der Waals surface area contributed by atoms with Gasteiger partial charge in [0.05, 0.1) is 5.56 Å². The van der Waals surface area contributed by atoms with Gasteiger partial charge in [-0.15, -0.1) is 6.58 Å². The molecule has 21 heavy (non-hydrogen) atoms. The van der Waals surface area contributed by atoms with Gasteiger partial charge >= 0.3 is 12.0 Å². The number of urea groups is 1. The lowest BCUT2D eigenvalue weighted by molar-refractivity contribution is -0.123. The fraction of sp³-hybridized carbons (Fsp3) is 0.214. The fourth-order valence-electron chi connectivity index (χ4n) is 1.46. The molecule has 0 saturated carbocycles. The van der Waals surface area contributed by atoms with E-state index >= 15 is 0 Å². The Kier molecular flexibility index (Phi) is 6.46. The topological polar surface area (TPSA) is 96.5 Å². The number of rotatable bonds is 6. The van der Waals surface area contributed by atoms with Crippen molar-refractivity contribution in [2.45, 2.75) is 0 Å². The Morgan fingerprint density at radius 1 is 1.29 bits per heavy atom. The van der Waals surface area contributed by atoms with E-state index in [9.17, 15) is 14.4 Å². The van der Waals surface area contributed by atoms with Crippen molar-refractivity contribution < 1.29 is 19.1 Å². The first-order valence-corrected chi connectivity index (χ1v) is 6.21. The summed E-state index contributed by atoms with van der Waals surface area (Å²) < 4.78 is 4.85. The lowest BCUT2D eigenvalue weighted by Crippen LogP contribution is -2.41. The molecule has 7 heteroatoms. The van der Waals surface area contributed by atoms with Gasteiger partial charge in [-0.2, -0.15) is 0 Å². The number of nitrogens with one attached hydrogen (secondary N) is 3. The van der Waals surface area contributed by atoms with Gasteiger partial charge in [-0.1, -0.05) is 18.2 Å². The number of imide groups is 1. The van der Waals surface area contributed by atoms with Crippen LogP contribution < -0.4 is 16.0 Å². The summed E-state index contributed by atoms with van der Waals surface area (Å²) in [5, 5.41) is 7.23. The summed E-state index contributed by atoms with van der Waals surface area (Å²) >= 11 is 0. The first kappa shape index (κ1) is 16.2. The van der Waals surface area contributed by atoms with Crippen molar-refractivity contribution in [1.29, 1.82) is 0 Å². The summed E-state index contributed by atoms with van der Waals surface area (Å²) in [6, 6.07) is 6.05. The summed E-state index contributed by atoms with van der Waals surface area (Å²) in [6.45, 7) is 3.11. The molecule has 0 spiro atoms. The maximum atomic E-state index is 11.8. The zero-order valence-electron chi connectivity index (χ0n) is 11.6. The molecular weight excluding hydrogens is 274 g/mol. The molecule has 0 aromatic heterocycles. The van der Waals surface area contributed by atoms with E-state index in [-0.39, 0.29) is 6.54 Å². The van der Waals surface area contributed by atoms with Crippen LogP contribution in [0.1, 0.15) is 10.4 Å². The molecule has 7 nitrogen and oxygen atoms in total. The minimum absolute atomic E-state index is 0.231. The molecule has 0 aliphatic rings. The molecule has 0 bridgehead atoms. The number of para-hydroxylation sites is 1. The Morgan fingerprint density at radius 2 is 2.00 bits per heavy atom. The highest BCUT2D eigenvalue weighted by molar-refractivity contribution is 5.99. The van der Waals surface area contributed by atoms with Crippen LogP contribution in [0.5, 0.6) is 0 Å². The van der Waals surface area contributed by atoms with Crippen molar-refractivity contribution in [2.24, 2.45) is 0 Å². The maximum absolute atomic E-state index is 11.8. The number of carbonyl (C=O) groups excluding carboxylic acids is 3. The monoisotopic (exact) mass is 291 g/mol. The largest absolute Gasteiger partial charge is 0.452 e. The molecule has 0 aliphatic heterocycles. The summed E-state index contributed by atoms with van der Waals surface area (Å²) in [4.78, 5) is 34.4. The van der Waals surface area contributed by atoms with Gasteiger partial charge in [-0.25, -0.2) is 9.59 Å². The standard InChI is InChI=1S/C14H17N3O4/c1-3-8-16-14(20)17-12(18)9-21-13(19)10-6-4-5-7-11(10)15-2/h3-7,15H,1,8-9H2,2H3,(H2,16,17,18,20). The third-order valence-corrected chi connectivity index (χ3v) is 2.41. The molecule has 112 valence electrons. The summed E-state index contributed by atoms with van der Waals surface area (Å²) in [5.41, 5.74) is 0.899. The zero-order valence-corrected chi connectivity index (χ0v) is 11.6. The van der Waals surface area contributed by atoms with Gasteiger partial charge in [0.2, 0.25) is 0 Å². The van der Waals surface area contributed by atoms with Gasteiger partial charge in [-0.05, 0) is 12.1 Å². The molecule has 0 saturated heterocycles. The molecule has 1 aromatic carbocycles. The third kappa shape index (κ3) is 5.35. The van der Waals surface area contributed by atoms with E-state index in [1.54, 1.807) is 31.3 Å². The van der Waals surface area contributed by atoms with Crippen molar-refractivity contribution in [3.05, 3.63) is 42.5 Å². The minimum atomic E-state index is -0.716. The lowest BCUT2D eigenvalue weighted by atomic mass is 10.2.